The van der Waals surface area contributed by atoms with Gasteiger partial charge in [-0.25, -0.2) is 9.38 Å². The fourth-order valence-electron chi connectivity index (χ4n) is 2.81. The number of aromatic nitrogens is 1. The van der Waals surface area contributed by atoms with Crippen LogP contribution in [-0.2, 0) is 12.3 Å². The van der Waals surface area contributed by atoms with Crippen molar-refractivity contribution >= 4 is 22.6 Å². The molecule has 3 aromatic rings. The zero-order valence-corrected chi connectivity index (χ0v) is 14.6. The van der Waals surface area contributed by atoms with Crippen LogP contribution in [0.25, 0.3) is 0 Å². The van der Waals surface area contributed by atoms with Crippen molar-refractivity contribution in [1.29, 1.82) is 0 Å². The highest BCUT2D eigenvalue weighted by molar-refractivity contribution is 8.14. The third-order valence-electron chi connectivity index (χ3n) is 4.15. The highest BCUT2D eigenvalue weighted by atomic mass is 32.2. The molecule has 1 atom stereocenters. The van der Waals surface area contributed by atoms with E-state index in [-0.39, 0.29) is 5.82 Å². The van der Waals surface area contributed by atoms with Gasteiger partial charge < -0.3 is 14.4 Å². The second kappa shape index (κ2) is 6.93. The van der Waals surface area contributed by atoms with Gasteiger partial charge in [-0.05, 0) is 36.4 Å². The highest BCUT2D eigenvalue weighted by Crippen LogP contribution is 2.41. The van der Waals surface area contributed by atoms with Crippen LogP contribution in [0.1, 0.15) is 11.3 Å². The minimum absolute atomic E-state index is 0.340. The molecule has 1 aromatic carbocycles. The molecule has 0 bridgehead atoms. The van der Waals surface area contributed by atoms with Crippen molar-refractivity contribution in [3.8, 4) is 0 Å². The number of nitrogens with zero attached hydrogens (tertiary/aromatic N) is 3. The Morgan fingerprint density at radius 1 is 1.23 bits per heavy atom. The fraction of sp³-hybridized carbons (Fsp3) is 0.158. The van der Waals surface area contributed by atoms with Crippen molar-refractivity contribution in [2.24, 2.45) is 4.99 Å². The first-order chi connectivity index (χ1) is 12.6. The van der Waals surface area contributed by atoms with E-state index in [4.69, 9.17) is 4.42 Å². The number of benzene rings is 1. The maximum Gasteiger partial charge on any atom is 0.176 e. The van der Waals surface area contributed by atoms with Crippen molar-refractivity contribution in [2.75, 3.05) is 5.75 Å². The summed E-state index contributed by atoms with van der Waals surface area (Å²) in [6.45, 7) is 0.340. The Morgan fingerprint density at radius 3 is 2.77 bits per heavy atom. The number of rotatable bonds is 4. The summed E-state index contributed by atoms with van der Waals surface area (Å²) in [5, 5.41) is 12.1. The number of pyridine rings is 1. The third kappa shape index (κ3) is 3.23. The molecular formula is C19H16FN3O2S. The molecule has 4 rings (SSSR count). The van der Waals surface area contributed by atoms with Gasteiger partial charge in [-0.1, -0.05) is 23.9 Å². The van der Waals surface area contributed by atoms with E-state index >= 15 is 0 Å². The zero-order valence-electron chi connectivity index (χ0n) is 13.7. The Morgan fingerprint density at radius 2 is 2.08 bits per heavy atom. The van der Waals surface area contributed by atoms with Crippen molar-refractivity contribution < 1.29 is 13.9 Å². The van der Waals surface area contributed by atoms with E-state index in [9.17, 15) is 9.50 Å². The van der Waals surface area contributed by atoms with Crippen LogP contribution in [0.5, 0.6) is 0 Å². The molecule has 1 saturated heterocycles. The summed E-state index contributed by atoms with van der Waals surface area (Å²) in [5.74, 6) is 0.732. The van der Waals surface area contributed by atoms with Gasteiger partial charge in [0.2, 0.25) is 0 Å². The van der Waals surface area contributed by atoms with Crippen LogP contribution in [0.2, 0.25) is 0 Å². The molecule has 0 unspecified atom stereocenters. The lowest BCUT2D eigenvalue weighted by atomic mass is 10.0. The van der Waals surface area contributed by atoms with Crippen LogP contribution < -0.4 is 0 Å². The number of aliphatic imine (C=N–C) groups is 1. The first kappa shape index (κ1) is 16.8. The monoisotopic (exact) mass is 369 g/mol. The molecule has 5 nitrogen and oxygen atoms in total. The SMILES string of the molecule is O[C@@]1(c2ccc(F)cc2)CSC(=Nc2cccnc2)N1Cc1ccco1. The molecule has 1 aliphatic rings. The van der Waals surface area contributed by atoms with Crippen molar-refractivity contribution in [1.82, 2.24) is 9.88 Å². The molecule has 1 aliphatic heterocycles. The van der Waals surface area contributed by atoms with Crippen LogP contribution in [0.3, 0.4) is 0 Å². The Balaban J connectivity index is 1.74. The summed E-state index contributed by atoms with van der Waals surface area (Å²) in [7, 11) is 0. The van der Waals surface area contributed by atoms with Crippen molar-refractivity contribution in [3.63, 3.8) is 0 Å². The quantitative estimate of drug-likeness (QED) is 0.756. The summed E-state index contributed by atoms with van der Waals surface area (Å²) in [5.41, 5.74) is -0.0104. The summed E-state index contributed by atoms with van der Waals surface area (Å²) in [6, 6.07) is 13.2. The van der Waals surface area contributed by atoms with Gasteiger partial charge in [0.25, 0.3) is 0 Å². The first-order valence-corrected chi connectivity index (χ1v) is 9.04. The summed E-state index contributed by atoms with van der Waals surface area (Å²) >= 11 is 1.44. The maximum atomic E-state index is 13.3. The van der Waals surface area contributed by atoms with E-state index < -0.39 is 5.72 Å². The molecule has 0 amide bonds. The average molecular weight is 369 g/mol. The Hall–Kier alpha value is -2.64. The zero-order chi connectivity index (χ0) is 18.0. The lowest BCUT2D eigenvalue weighted by Crippen LogP contribution is -2.44. The van der Waals surface area contributed by atoms with Crippen molar-refractivity contribution in [2.45, 2.75) is 12.3 Å². The first-order valence-electron chi connectivity index (χ1n) is 8.05. The van der Waals surface area contributed by atoms with Crippen LogP contribution in [-0.4, -0.2) is 25.9 Å². The fourth-order valence-corrected chi connectivity index (χ4v) is 4.01. The average Bonchev–Trinajstić information content (AvgIpc) is 3.28. The van der Waals surface area contributed by atoms with E-state index in [0.717, 1.165) is 0 Å². The summed E-state index contributed by atoms with van der Waals surface area (Å²) in [4.78, 5) is 10.5. The molecule has 26 heavy (non-hydrogen) atoms. The van der Waals surface area contributed by atoms with Gasteiger partial charge in [-0.2, -0.15) is 0 Å². The molecule has 0 aliphatic carbocycles. The largest absolute Gasteiger partial charge is 0.467 e. The van der Waals surface area contributed by atoms with E-state index in [1.807, 2.05) is 18.2 Å². The van der Waals surface area contributed by atoms with Crippen LogP contribution >= 0.6 is 11.8 Å². The van der Waals surface area contributed by atoms with Crippen LogP contribution in [0.15, 0.2) is 76.6 Å². The topological polar surface area (TPSA) is 61.9 Å². The molecule has 1 fully saturated rings. The molecule has 0 saturated carbocycles. The highest BCUT2D eigenvalue weighted by Gasteiger charge is 2.45. The number of thioether (sulfide) groups is 1. The summed E-state index contributed by atoms with van der Waals surface area (Å²) in [6.07, 6.45) is 4.93. The maximum absolute atomic E-state index is 13.3. The number of halogens is 1. The third-order valence-corrected chi connectivity index (χ3v) is 5.27. The number of aliphatic hydroxyl groups is 1. The summed E-state index contributed by atoms with van der Waals surface area (Å²) < 4.78 is 18.8. The molecule has 3 heterocycles. The predicted octanol–water partition coefficient (Wildman–Crippen LogP) is 3.90. The lowest BCUT2D eigenvalue weighted by molar-refractivity contribution is -0.0544. The second-order valence-corrected chi connectivity index (χ2v) is 6.83. The van der Waals surface area contributed by atoms with E-state index in [0.29, 0.717) is 34.5 Å². The Bertz CT molecular complexity index is 900. The van der Waals surface area contributed by atoms with E-state index in [2.05, 4.69) is 9.98 Å². The number of hydrogen-bond acceptors (Lipinski definition) is 5. The van der Waals surface area contributed by atoms with Gasteiger partial charge >= 0.3 is 0 Å². The molecule has 0 radical (unpaired) electrons. The number of hydrogen-bond donors (Lipinski definition) is 1. The Kier molecular flexibility index (Phi) is 4.48. The molecule has 132 valence electrons. The smallest absolute Gasteiger partial charge is 0.176 e. The lowest BCUT2D eigenvalue weighted by Gasteiger charge is -2.34. The van der Waals surface area contributed by atoms with Gasteiger partial charge in [0.05, 0.1) is 30.4 Å². The van der Waals surface area contributed by atoms with E-state index in [1.165, 1.54) is 23.9 Å². The van der Waals surface area contributed by atoms with Crippen molar-refractivity contribution in [3.05, 3.63) is 84.3 Å². The number of amidine groups is 1. The molecule has 7 heteroatoms. The second-order valence-electron chi connectivity index (χ2n) is 5.88. The molecule has 1 N–H and O–H groups in total. The van der Waals surface area contributed by atoms with Gasteiger partial charge in [-0.15, -0.1) is 0 Å². The molecular weight excluding hydrogens is 353 g/mol. The number of furan rings is 1. The van der Waals surface area contributed by atoms with Gasteiger partial charge in [0, 0.05) is 11.8 Å². The standard InChI is InChI=1S/C19H16FN3O2S/c20-15-7-5-14(6-8-15)19(24)13-26-18(22-16-3-1-9-21-11-16)23(19)12-17-4-2-10-25-17/h1-11,24H,12-13H2/t19-/m1/s1. The predicted molar refractivity (Wildman–Crippen MR) is 98.3 cm³/mol. The van der Waals surface area contributed by atoms with Crippen LogP contribution in [0, 0.1) is 5.82 Å². The normalized spacial score (nSPS) is 21.5. The minimum atomic E-state index is -1.31. The van der Waals surface area contributed by atoms with Gasteiger partial charge in [0.15, 0.2) is 10.9 Å². The minimum Gasteiger partial charge on any atom is -0.467 e. The van der Waals surface area contributed by atoms with Crippen LogP contribution in [0.4, 0.5) is 10.1 Å². The Labute approximate surface area is 154 Å². The van der Waals surface area contributed by atoms with Gasteiger partial charge in [-0.3, -0.25) is 4.98 Å². The molecule has 2 aromatic heterocycles. The molecule has 0 spiro atoms. The van der Waals surface area contributed by atoms with Gasteiger partial charge in [0.1, 0.15) is 11.6 Å². The van der Waals surface area contributed by atoms with E-state index in [1.54, 1.807) is 41.8 Å².